The summed E-state index contributed by atoms with van der Waals surface area (Å²) >= 11 is 2.94. The van der Waals surface area contributed by atoms with E-state index in [0.717, 1.165) is 35.7 Å². The second kappa shape index (κ2) is 10.0. The zero-order valence-corrected chi connectivity index (χ0v) is 19.2. The molecule has 0 bridgehead atoms. The topological polar surface area (TPSA) is 74.1 Å². The number of carbonyl (C=O) groups excluding carboxylic acids is 2. The van der Waals surface area contributed by atoms with Gasteiger partial charge in [0, 0.05) is 39.8 Å². The van der Waals surface area contributed by atoms with Crippen molar-refractivity contribution in [1.29, 1.82) is 0 Å². The summed E-state index contributed by atoms with van der Waals surface area (Å²) in [5, 5.41) is 2.60. The van der Waals surface area contributed by atoms with Gasteiger partial charge in [0.25, 0.3) is 0 Å². The van der Waals surface area contributed by atoms with Crippen LogP contribution >= 0.6 is 23.1 Å². The van der Waals surface area contributed by atoms with E-state index in [0.29, 0.717) is 10.7 Å². The van der Waals surface area contributed by atoms with Crippen LogP contribution in [-0.4, -0.2) is 38.6 Å². The Morgan fingerprint density at radius 3 is 2.53 bits per heavy atom. The van der Waals surface area contributed by atoms with Gasteiger partial charge in [-0.05, 0) is 57.7 Å². The molecule has 3 aromatic heterocycles. The van der Waals surface area contributed by atoms with Crippen molar-refractivity contribution in [3.05, 3.63) is 62.9 Å². The van der Waals surface area contributed by atoms with E-state index in [9.17, 15) is 9.59 Å². The molecule has 0 spiro atoms. The molecule has 0 aliphatic heterocycles. The highest BCUT2D eigenvalue weighted by Gasteiger charge is 2.18. The average Bonchev–Trinajstić information content (AvgIpc) is 3.30. The van der Waals surface area contributed by atoms with Crippen LogP contribution in [-0.2, 0) is 22.5 Å². The van der Waals surface area contributed by atoms with Crippen LogP contribution in [0.1, 0.15) is 38.0 Å². The average molecular weight is 444 g/mol. The van der Waals surface area contributed by atoms with Crippen LogP contribution in [0.15, 0.2) is 34.8 Å². The van der Waals surface area contributed by atoms with Crippen molar-refractivity contribution < 1.29 is 14.3 Å². The van der Waals surface area contributed by atoms with Crippen molar-refractivity contribution >= 4 is 34.9 Å². The summed E-state index contributed by atoms with van der Waals surface area (Å²) in [4.78, 5) is 34.6. The van der Waals surface area contributed by atoms with Crippen molar-refractivity contribution in [3.8, 4) is 0 Å². The zero-order valence-electron chi connectivity index (χ0n) is 17.6. The van der Waals surface area contributed by atoms with Gasteiger partial charge in [-0.1, -0.05) is 17.8 Å². The van der Waals surface area contributed by atoms with E-state index in [4.69, 9.17) is 4.74 Å². The minimum absolute atomic E-state index is 0.0655. The molecule has 0 fully saturated rings. The second-order valence-corrected chi connectivity index (χ2v) is 9.05. The fourth-order valence-electron chi connectivity index (χ4n) is 3.25. The first-order valence-electron chi connectivity index (χ1n) is 9.66. The van der Waals surface area contributed by atoms with E-state index in [2.05, 4.69) is 26.0 Å². The molecule has 0 aliphatic rings. The highest BCUT2D eigenvalue weighted by atomic mass is 32.2. The van der Waals surface area contributed by atoms with E-state index >= 15 is 0 Å². The number of aryl methyl sites for hydroxylation is 4. The Morgan fingerprint density at radius 2 is 1.87 bits per heavy atom. The summed E-state index contributed by atoms with van der Waals surface area (Å²) in [6.07, 6.45) is 0.925. The van der Waals surface area contributed by atoms with E-state index < -0.39 is 5.97 Å². The fraction of sp³-hybridized carbons (Fsp3) is 0.364. The van der Waals surface area contributed by atoms with Crippen molar-refractivity contribution in [2.45, 2.75) is 45.8 Å². The van der Waals surface area contributed by atoms with Crippen molar-refractivity contribution in [1.82, 2.24) is 14.5 Å². The Bertz CT molecular complexity index is 1020. The summed E-state index contributed by atoms with van der Waals surface area (Å²) in [6.45, 7) is 8.24. The molecule has 0 amide bonds. The van der Waals surface area contributed by atoms with Crippen LogP contribution in [0.4, 0.5) is 0 Å². The minimum atomic E-state index is -0.456. The zero-order chi connectivity index (χ0) is 21.7. The SMILES string of the molecule is Cc1cc(C)nc(SCC(=O)OCC(=O)c2cc(C)n(CCc3cccs3)c2C)n1. The molecular weight excluding hydrogens is 418 g/mol. The summed E-state index contributed by atoms with van der Waals surface area (Å²) < 4.78 is 7.33. The van der Waals surface area contributed by atoms with E-state index in [1.807, 2.05) is 45.9 Å². The number of aromatic nitrogens is 3. The number of thiophene rings is 1. The van der Waals surface area contributed by atoms with Gasteiger partial charge in [0.15, 0.2) is 11.8 Å². The summed E-state index contributed by atoms with van der Waals surface area (Å²) in [5.74, 6) is -0.579. The fourth-order valence-corrected chi connectivity index (χ4v) is 4.70. The van der Waals surface area contributed by atoms with Gasteiger partial charge in [-0.3, -0.25) is 9.59 Å². The maximum absolute atomic E-state index is 12.6. The van der Waals surface area contributed by atoms with E-state index in [1.54, 1.807) is 11.3 Å². The molecule has 8 heteroatoms. The number of ketones is 1. The maximum atomic E-state index is 12.6. The Morgan fingerprint density at radius 1 is 1.13 bits per heavy atom. The molecule has 0 unspecified atom stereocenters. The molecule has 0 radical (unpaired) electrons. The van der Waals surface area contributed by atoms with Gasteiger partial charge in [0.1, 0.15) is 0 Å². The van der Waals surface area contributed by atoms with Crippen LogP contribution in [0, 0.1) is 27.7 Å². The predicted molar refractivity (Wildman–Crippen MR) is 119 cm³/mol. The molecule has 3 rings (SSSR count). The summed E-state index contributed by atoms with van der Waals surface area (Å²) in [5.41, 5.74) is 4.24. The van der Waals surface area contributed by atoms with Gasteiger partial charge >= 0.3 is 5.97 Å². The maximum Gasteiger partial charge on any atom is 0.316 e. The molecular formula is C22H25N3O3S2. The number of hydrogen-bond donors (Lipinski definition) is 0. The first kappa shape index (κ1) is 22.2. The number of nitrogens with zero attached hydrogens (tertiary/aromatic N) is 3. The minimum Gasteiger partial charge on any atom is -0.457 e. The molecule has 0 atom stereocenters. The Kier molecular flexibility index (Phi) is 7.44. The van der Waals surface area contributed by atoms with Crippen molar-refractivity contribution in [3.63, 3.8) is 0 Å². The molecule has 0 aliphatic carbocycles. The van der Waals surface area contributed by atoms with Crippen LogP contribution in [0.3, 0.4) is 0 Å². The second-order valence-electron chi connectivity index (χ2n) is 7.07. The largest absolute Gasteiger partial charge is 0.457 e. The highest BCUT2D eigenvalue weighted by molar-refractivity contribution is 7.99. The lowest BCUT2D eigenvalue weighted by molar-refractivity contribution is -0.139. The monoisotopic (exact) mass is 443 g/mol. The van der Waals surface area contributed by atoms with Crippen LogP contribution in [0.25, 0.3) is 0 Å². The Balaban J connectivity index is 1.52. The summed E-state index contributed by atoms with van der Waals surface area (Å²) in [6, 6.07) is 7.91. The van der Waals surface area contributed by atoms with Gasteiger partial charge in [-0.25, -0.2) is 9.97 Å². The molecule has 30 heavy (non-hydrogen) atoms. The van der Waals surface area contributed by atoms with Crippen molar-refractivity contribution in [2.24, 2.45) is 0 Å². The number of ether oxygens (including phenoxy) is 1. The molecule has 6 nitrogen and oxygen atoms in total. The highest BCUT2D eigenvalue weighted by Crippen LogP contribution is 2.19. The number of Topliss-reactive ketones (excluding diaryl/α,β-unsaturated/α-hetero) is 1. The third kappa shape index (κ3) is 5.79. The van der Waals surface area contributed by atoms with Gasteiger partial charge < -0.3 is 9.30 Å². The van der Waals surface area contributed by atoms with Gasteiger partial charge in [0.05, 0.1) is 5.75 Å². The lowest BCUT2D eigenvalue weighted by Gasteiger charge is -2.09. The van der Waals surface area contributed by atoms with Crippen LogP contribution in [0.2, 0.25) is 0 Å². The molecule has 0 aromatic carbocycles. The quantitative estimate of drug-likeness (QED) is 0.212. The molecule has 158 valence electrons. The summed E-state index contributed by atoms with van der Waals surface area (Å²) in [7, 11) is 0. The Labute approximate surface area is 184 Å². The number of carbonyl (C=O) groups is 2. The molecule has 3 heterocycles. The smallest absolute Gasteiger partial charge is 0.316 e. The standard InChI is InChI=1S/C22H25N3O3S2/c1-14-10-15(2)24-22(23-14)30-13-21(27)28-12-20(26)19-11-16(3)25(17(19)4)8-7-18-6-5-9-29-18/h5-6,9-11H,7-8,12-13H2,1-4H3. The lowest BCUT2D eigenvalue weighted by Crippen LogP contribution is -2.16. The number of rotatable bonds is 9. The van der Waals surface area contributed by atoms with E-state index in [1.165, 1.54) is 16.6 Å². The lowest BCUT2D eigenvalue weighted by atomic mass is 10.1. The molecule has 0 saturated heterocycles. The van der Waals surface area contributed by atoms with Gasteiger partial charge in [0.2, 0.25) is 5.78 Å². The van der Waals surface area contributed by atoms with E-state index in [-0.39, 0.29) is 18.1 Å². The van der Waals surface area contributed by atoms with Crippen LogP contribution in [0.5, 0.6) is 0 Å². The van der Waals surface area contributed by atoms with Crippen molar-refractivity contribution in [2.75, 3.05) is 12.4 Å². The van der Waals surface area contributed by atoms with Crippen LogP contribution < -0.4 is 0 Å². The number of hydrogen-bond acceptors (Lipinski definition) is 7. The number of thioether (sulfide) groups is 1. The predicted octanol–water partition coefficient (Wildman–Crippen LogP) is 4.33. The molecule has 3 aromatic rings. The molecule has 0 saturated carbocycles. The van der Waals surface area contributed by atoms with Gasteiger partial charge in [-0.15, -0.1) is 11.3 Å². The first-order chi connectivity index (χ1) is 14.3. The third-order valence-corrected chi connectivity index (χ3v) is 6.44. The molecule has 0 N–H and O–H groups in total. The first-order valence-corrected chi connectivity index (χ1v) is 11.5. The van der Waals surface area contributed by atoms with Gasteiger partial charge in [-0.2, -0.15) is 0 Å². The Hall–Kier alpha value is -2.45. The third-order valence-electron chi connectivity index (χ3n) is 4.68. The normalized spacial score (nSPS) is 10.9. The number of esters is 1.